The van der Waals surface area contributed by atoms with Crippen molar-refractivity contribution in [1.29, 1.82) is 0 Å². The van der Waals surface area contributed by atoms with Crippen molar-refractivity contribution in [3.05, 3.63) is 0 Å². The van der Waals surface area contributed by atoms with Crippen molar-refractivity contribution < 1.29 is 14.3 Å². The molecule has 4 heteroatoms. The SMILES string of the molecule is COC(=O)C12CCCC(CN)(COC1)C2. The molecule has 86 valence electrons. The third-order valence-electron chi connectivity index (χ3n) is 3.91. The number of carbonyl (C=O) groups is 1. The van der Waals surface area contributed by atoms with Crippen LogP contribution in [-0.2, 0) is 14.3 Å². The van der Waals surface area contributed by atoms with Crippen LogP contribution >= 0.6 is 0 Å². The molecule has 0 aromatic carbocycles. The normalized spacial score (nSPS) is 39.9. The molecule has 2 rings (SSSR count). The van der Waals surface area contributed by atoms with Crippen LogP contribution in [0.3, 0.4) is 0 Å². The fourth-order valence-corrected chi connectivity index (χ4v) is 3.09. The Hall–Kier alpha value is -0.610. The molecule has 2 atom stereocenters. The van der Waals surface area contributed by atoms with Gasteiger partial charge in [0.1, 0.15) is 0 Å². The van der Waals surface area contributed by atoms with Gasteiger partial charge in [0.25, 0.3) is 0 Å². The third kappa shape index (κ3) is 1.66. The molecule has 0 radical (unpaired) electrons. The van der Waals surface area contributed by atoms with E-state index in [4.69, 9.17) is 15.2 Å². The van der Waals surface area contributed by atoms with Gasteiger partial charge in [-0.05, 0) is 19.3 Å². The fraction of sp³-hybridized carbons (Fsp3) is 0.909. The smallest absolute Gasteiger partial charge is 0.314 e. The summed E-state index contributed by atoms with van der Waals surface area (Å²) in [7, 11) is 1.45. The Kier molecular flexibility index (Phi) is 2.73. The second-order valence-corrected chi connectivity index (χ2v) is 5.00. The van der Waals surface area contributed by atoms with E-state index in [0.717, 1.165) is 25.7 Å². The monoisotopic (exact) mass is 213 g/mol. The Morgan fingerprint density at radius 3 is 2.93 bits per heavy atom. The van der Waals surface area contributed by atoms with Crippen LogP contribution in [0.25, 0.3) is 0 Å². The zero-order valence-corrected chi connectivity index (χ0v) is 9.25. The molecule has 0 spiro atoms. The largest absolute Gasteiger partial charge is 0.469 e. The molecule has 1 saturated carbocycles. The molecular weight excluding hydrogens is 194 g/mol. The number of hydrogen-bond donors (Lipinski definition) is 1. The second-order valence-electron chi connectivity index (χ2n) is 5.00. The van der Waals surface area contributed by atoms with Gasteiger partial charge in [0.05, 0.1) is 25.7 Å². The highest BCUT2D eigenvalue weighted by Gasteiger charge is 2.52. The highest BCUT2D eigenvalue weighted by atomic mass is 16.5. The number of fused-ring (bicyclic) bond motifs is 2. The molecular formula is C11H19NO3. The summed E-state index contributed by atoms with van der Waals surface area (Å²) in [6.07, 6.45) is 3.84. The molecule has 2 aliphatic rings. The van der Waals surface area contributed by atoms with Gasteiger partial charge in [-0.3, -0.25) is 4.79 Å². The Morgan fingerprint density at radius 2 is 2.27 bits per heavy atom. The molecule has 2 unspecified atom stereocenters. The Morgan fingerprint density at radius 1 is 1.47 bits per heavy atom. The summed E-state index contributed by atoms with van der Waals surface area (Å²) in [6.45, 7) is 1.80. The molecule has 1 saturated heterocycles. The van der Waals surface area contributed by atoms with Crippen molar-refractivity contribution in [3.63, 3.8) is 0 Å². The van der Waals surface area contributed by atoms with E-state index in [1.54, 1.807) is 0 Å². The number of nitrogens with two attached hydrogens (primary N) is 1. The van der Waals surface area contributed by atoms with Gasteiger partial charge < -0.3 is 15.2 Å². The number of ether oxygens (including phenoxy) is 2. The predicted molar refractivity (Wildman–Crippen MR) is 55.2 cm³/mol. The molecule has 1 heterocycles. The number of esters is 1. The second kappa shape index (κ2) is 3.76. The lowest BCUT2D eigenvalue weighted by molar-refractivity contribution is -0.178. The van der Waals surface area contributed by atoms with E-state index in [1.165, 1.54) is 7.11 Å². The fourth-order valence-electron chi connectivity index (χ4n) is 3.09. The maximum Gasteiger partial charge on any atom is 0.314 e. The van der Waals surface area contributed by atoms with Crippen LogP contribution in [0.5, 0.6) is 0 Å². The van der Waals surface area contributed by atoms with Crippen LogP contribution < -0.4 is 5.73 Å². The molecule has 0 aromatic rings. The zero-order chi connectivity index (χ0) is 10.9. The van der Waals surface area contributed by atoms with E-state index in [-0.39, 0.29) is 11.4 Å². The lowest BCUT2D eigenvalue weighted by Crippen LogP contribution is -2.54. The van der Waals surface area contributed by atoms with Gasteiger partial charge in [0, 0.05) is 12.0 Å². The van der Waals surface area contributed by atoms with Crippen molar-refractivity contribution in [2.75, 3.05) is 26.9 Å². The molecule has 2 fully saturated rings. The molecule has 4 nitrogen and oxygen atoms in total. The average Bonchev–Trinajstić information content (AvgIpc) is 2.28. The number of methoxy groups -OCH3 is 1. The minimum Gasteiger partial charge on any atom is -0.469 e. The van der Waals surface area contributed by atoms with Gasteiger partial charge in [0.2, 0.25) is 0 Å². The maximum absolute atomic E-state index is 11.8. The van der Waals surface area contributed by atoms with Gasteiger partial charge in [-0.25, -0.2) is 0 Å². The van der Waals surface area contributed by atoms with Crippen molar-refractivity contribution in [2.45, 2.75) is 25.7 Å². The van der Waals surface area contributed by atoms with Gasteiger partial charge in [-0.1, -0.05) is 6.42 Å². The van der Waals surface area contributed by atoms with Crippen LogP contribution in [0.2, 0.25) is 0 Å². The Labute approximate surface area is 90.1 Å². The van der Waals surface area contributed by atoms with Crippen LogP contribution in [0, 0.1) is 10.8 Å². The number of carbonyl (C=O) groups excluding carboxylic acids is 1. The summed E-state index contributed by atoms with van der Waals surface area (Å²) in [4.78, 5) is 11.8. The Bertz CT molecular complexity index is 255. The molecule has 2 N–H and O–H groups in total. The lowest BCUT2D eigenvalue weighted by atomic mass is 9.61. The van der Waals surface area contributed by atoms with Gasteiger partial charge in [-0.2, -0.15) is 0 Å². The molecule has 1 aliphatic heterocycles. The summed E-state index contributed by atoms with van der Waals surface area (Å²) in [6, 6.07) is 0. The van der Waals surface area contributed by atoms with Crippen LogP contribution in [0.4, 0.5) is 0 Å². The molecule has 1 aliphatic carbocycles. The first-order valence-electron chi connectivity index (χ1n) is 5.53. The molecule has 0 amide bonds. The van der Waals surface area contributed by atoms with E-state index in [1.807, 2.05) is 0 Å². The Balaban J connectivity index is 2.22. The summed E-state index contributed by atoms with van der Waals surface area (Å²) in [5.74, 6) is -0.125. The molecule has 0 aromatic heterocycles. The lowest BCUT2D eigenvalue weighted by Gasteiger charge is -2.49. The van der Waals surface area contributed by atoms with E-state index in [0.29, 0.717) is 19.8 Å². The summed E-state index contributed by atoms with van der Waals surface area (Å²) in [5.41, 5.74) is 5.42. The van der Waals surface area contributed by atoms with Gasteiger partial charge in [-0.15, -0.1) is 0 Å². The minimum atomic E-state index is -0.412. The van der Waals surface area contributed by atoms with Crippen molar-refractivity contribution in [3.8, 4) is 0 Å². The van der Waals surface area contributed by atoms with Crippen molar-refractivity contribution >= 4 is 5.97 Å². The van der Waals surface area contributed by atoms with E-state index >= 15 is 0 Å². The summed E-state index contributed by atoms with van der Waals surface area (Å²) < 4.78 is 10.5. The van der Waals surface area contributed by atoms with Crippen LogP contribution in [-0.4, -0.2) is 32.8 Å². The summed E-state index contributed by atoms with van der Waals surface area (Å²) >= 11 is 0. The zero-order valence-electron chi connectivity index (χ0n) is 9.25. The van der Waals surface area contributed by atoms with E-state index in [9.17, 15) is 4.79 Å². The highest BCUT2D eigenvalue weighted by Crippen LogP contribution is 2.50. The standard InChI is InChI=1S/C11H19NO3/c1-14-9(13)11-4-2-3-10(5-11,6-12)7-15-8-11/h2-8,12H2,1H3. The van der Waals surface area contributed by atoms with E-state index in [2.05, 4.69) is 0 Å². The molecule has 2 bridgehead atoms. The van der Waals surface area contributed by atoms with Gasteiger partial charge >= 0.3 is 5.97 Å². The predicted octanol–water partition coefficient (Wildman–Crippen LogP) is 0.695. The minimum absolute atomic E-state index is 0.0185. The quantitative estimate of drug-likeness (QED) is 0.686. The van der Waals surface area contributed by atoms with Gasteiger partial charge in [0.15, 0.2) is 0 Å². The number of rotatable bonds is 2. The average molecular weight is 213 g/mol. The first-order valence-corrected chi connectivity index (χ1v) is 5.53. The van der Waals surface area contributed by atoms with Crippen molar-refractivity contribution in [2.24, 2.45) is 16.6 Å². The van der Waals surface area contributed by atoms with Crippen LogP contribution in [0.1, 0.15) is 25.7 Å². The molecule has 15 heavy (non-hydrogen) atoms. The first-order chi connectivity index (χ1) is 7.16. The first kappa shape index (κ1) is 10.9. The van der Waals surface area contributed by atoms with Crippen LogP contribution in [0.15, 0.2) is 0 Å². The number of hydrogen-bond acceptors (Lipinski definition) is 4. The maximum atomic E-state index is 11.8. The van der Waals surface area contributed by atoms with Crippen molar-refractivity contribution in [1.82, 2.24) is 0 Å². The summed E-state index contributed by atoms with van der Waals surface area (Å²) in [5, 5.41) is 0. The highest BCUT2D eigenvalue weighted by molar-refractivity contribution is 5.77. The third-order valence-corrected chi connectivity index (χ3v) is 3.91. The van der Waals surface area contributed by atoms with E-state index < -0.39 is 5.41 Å². The topological polar surface area (TPSA) is 61.5 Å².